The number of aryl methyl sites for hydroxylation is 1. The van der Waals surface area contributed by atoms with Gasteiger partial charge in [-0.1, -0.05) is 35.0 Å². The second kappa shape index (κ2) is 15.8. The van der Waals surface area contributed by atoms with Crippen molar-refractivity contribution in [3.8, 4) is 0 Å². The number of nitrogens with one attached hydrogen (secondary N) is 2. The highest BCUT2D eigenvalue weighted by Gasteiger charge is 2.33. The van der Waals surface area contributed by atoms with E-state index in [9.17, 15) is 27.6 Å². The molecule has 2 amide bonds. The first-order valence-corrected chi connectivity index (χ1v) is 15.9. The molecule has 0 saturated carbocycles. The summed E-state index contributed by atoms with van der Waals surface area (Å²) in [5.74, 6) is -2.02. The first-order valence-electron chi connectivity index (χ1n) is 15.6. The first-order chi connectivity index (χ1) is 23.5. The third-order valence-corrected chi connectivity index (χ3v) is 8.17. The lowest BCUT2D eigenvalue weighted by molar-refractivity contribution is -0.138. The zero-order valence-electron chi connectivity index (χ0n) is 26.2. The lowest BCUT2D eigenvalue weighted by Crippen LogP contribution is -2.30. The summed E-state index contributed by atoms with van der Waals surface area (Å²) in [5.41, 5.74) is 4.30. The number of carboxylic acids is 1. The smallest absolute Gasteiger partial charge is 0.417 e. The van der Waals surface area contributed by atoms with Crippen molar-refractivity contribution in [2.45, 2.75) is 51.2 Å². The van der Waals surface area contributed by atoms with E-state index in [4.69, 9.17) is 16.7 Å². The fraction of sp³-hybridized carbons (Fsp3) is 0.294. The van der Waals surface area contributed by atoms with Crippen LogP contribution in [-0.4, -0.2) is 57.2 Å². The van der Waals surface area contributed by atoms with E-state index in [2.05, 4.69) is 31.1 Å². The molecule has 0 radical (unpaired) electrons. The van der Waals surface area contributed by atoms with Crippen LogP contribution in [0, 0.1) is 0 Å². The predicted molar refractivity (Wildman–Crippen MR) is 178 cm³/mol. The highest BCUT2D eigenvalue weighted by molar-refractivity contribution is 6.31. The summed E-state index contributed by atoms with van der Waals surface area (Å²) in [6.45, 7) is 1.94. The third-order valence-electron chi connectivity index (χ3n) is 7.84. The zero-order valence-corrected chi connectivity index (χ0v) is 27.0. The fourth-order valence-electron chi connectivity index (χ4n) is 5.39. The van der Waals surface area contributed by atoms with Gasteiger partial charge in [-0.3, -0.25) is 14.4 Å². The monoisotopic (exact) mass is 695 g/mol. The van der Waals surface area contributed by atoms with Crippen molar-refractivity contribution < 1.29 is 32.7 Å². The molecule has 1 fully saturated rings. The Morgan fingerprint density at radius 1 is 1.00 bits per heavy atom. The lowest BCUT2D eigenvalue weighted by atomic mass is 10.1. The second-order valence-corrected chi connectivity index (χ2v) is 11.9. The number of hydrazone groups is 1. The fourth-order valence-corrected chi connectivity index (χ4v) is 5.61. The molecule has 4 aromatic rings. The van der Waals surface area contributed by atoms with Crippen LogP contribution in [0.3, 0.4) is 0 Å². The minimum Gasteiger partial charge on any atom is -0.481 e. The summed E-state index contributed by atoms with van der Waals surface area (Å²) >= 11 is 5.70. The molecular weight excluding hydrogens is 663 g/mol. The molecule has 11 nitrogen and oxygen atoms in total. The number of aromatic nitrogens is 3. The highest BCUT2D eigenvalue weighted by atomic mass is 35.5. The third kappa shape index (κ3) is 9.66. The van der Waals surface area contributed by atoms with Crippen LogP contribution in [0.5, 0.6) is 0 Å². The molecule has 2 heterocycles. The first kappa shape index (κ1) is 35.1. The zero-order chi connectivity index (χ0) is 35.0. The maximum absolute atomic E-state index is 13.4. The number of amides is 2. The maximum Gasteiger partial charge on any atom is 0.417 e. The predicted octanol–water partition coefficient (Wildman–Crippen LogP) is 6.41. The summed E-state index contributed by atoms with van der Waals surface area (Å²) in [5, 5.41) is 23.2. The minimum absolute atomic E-state index is 0.0388. The topological polar surface area (TPSA) is 142 Å². The number of rotatable bonds is 12. The molecule has 3 N–H and O–H groups in total. The van der Waals surface area contributed by atoms with Gasteiger partial charge in [0.1, 0.15) is 0 Å². The van der Waals surface area contributed by atoms with Crippen LogP contribution in [0.1, 0.15) is 75.2 Å². The van der Waals surface area contributed by atoms with Crippen LogP contribution in [0.4, 0.5) is 24.5 Å². The molecule has 1 aliphatic heterocycles. The van der Waals surface area contributed by atoms with Crippen molar-refractivity contribution in [2.24, 2.45) is 5.10 Å². The van der Waals surface area contributed by atoms with Crippen molar-refractivity contribution in [2.75, 3.05) is 23.3 Å². The van der Waals surface area contributed by atoms with Crippen molar-refractivity contribution in [3.63, 3.8) is 0 Å². The van der Waals surface area contributed by atoms with Gasteiger partial charge < -0.3 is 15.3 Å². The molecule has 0 unspecified atom stereocenters. The number of nitrogens with zero attached hydrogens (tertiary/aromatic N) is 5. The molecule has 1 saturated heterocycles. The van der Waals surface area contributed by atoms with Gasteiger partial charge in [0, 0.05) is 37.0 Å². The Labute approximate surface area is 284 Å². The van der Waals surface area contributed by atoms with Gasteiger partial charge >= 0.3 is 12.1 Å². The van der Waals surface area contributed by atoms with Crippen molar-refractivity contribution >= 4 is 47.0 Å². The van der Waals surface area contributed by atoms with Gasteiger partial charge in [0.05, 0.1) is 40.3 Å². The average molecular weight is 696 g/mol. The Balaban J connectivity index is 1.32. The maximum atomic E-state index is 13.4. The van der Waals surface area contributed by atoms with Gasteiger partial charge in [-0.05, 0) is 85.7 Å². The lowest BCUT2D eigenvalue weighted by Gasteiger charge is -2.29. The van der Waals surface area contributed by atoms with Gasteiger partial charge in [-0.2, -0.15) is 18.3 Å². The van der Waals surface area contributed by atoms with E-state index in [-0.39, 0.29) is 23.2 Å². The number of carbonyl (C=O) groups excluding carboxylic acids is 2. The van der Waals surface area contributed by atoms with Gasteiger partial charge in [-0.15, -0.1) is 5.10 Å². The number of alkyl halides is 3. The Hall–Kier alpha value is -5.24. The summed E-state index contributed by atoms with van der Waals surface area (Å²) in [6.07, 6.45) is 2.23. The van der Waals surface area contributed by atoms with Gasteiger partial charge in [0.15, 0.2) is 0 Å². The summed E-state index contributed by atoms with van der Waals surface area (Å²) in [7, 11) is 0. The number of hydrogen-bond donors (Lipinski definition) is 3. The van der Waals surface area contributed by atoms with E-state index in [1.807, 2.05) is 12.1 Å². The van der Waals surface area contributed by atoms with E-state index in [1.165, 1.54) is 6.07 Å². The van der Waals surface area contributed by atoms with Gasteiger partial charge in [-0.25, -0.2) is 10.1 Å². The van der Waals surface area contributed by atoms with E-state index in [0.29, 0.717) is 30.6 Å². The molecule has 49 heavy (non-hydrogen) atoms. The Bertz CT molecular complexity index is 1860. The standard InChI is InChI=1S/C34H33ClF3N7O4/c35-29-12-10-22(17-28(29)34(36,37)38)19-39-42-33(49)27-18-26(44-14-2-1-3-15-44)11-13-30(27)40-32(48)24-7-4-6-23(16-24)20-45-21-25(41-43-45)8-5-9-31(46)47/h4,6-7,10-13,16-19,21H,1-3,5,8-9,14-15,20H2,(H,40,48)(H,42,49)(H,46,47). The number of benzene rings is 3. The minimum atomic E-state index is -4.66. The largest absolute Gasteiger partial charge is 0.481 e. The van der Waals surface area contributed by atoms with Gasteiger partial charge in [0.2, 0.25) is 0 Å². The molecule has 3 aromatic carbocycles. The number of carbonyl (C=O) groups is 3. The Morgan fingerprint density at radius 3 is 2.55 bits per heavy atom. The van der Waals surface area contributed by atoms with Crippen molar-refractivity contribution in [1.29, 1.82) is 0 Å². The number of aliphatic carboxylic acids is 1. The SMILES string of the molecule is O=C(O)CCCc1cn(Cc2cccc(C(=O)Nc3ccc(N4CCCCC4)cc3C(=O)NN=Cc3ccc(Cl)c(C(F)(F)F)c3)c2)nn1. The van der Waals surface area contributed by atoms with Crippen LogP contribution < -0.4 is 15.6 Å². The highest BCUT2D eigenvalue weighted by Crippen LogP contribution is 2.35. The van der Waals surface area contributed by atoms with E-state index in [1.54, 1.807) is 41.2 Å². The second-order valence-electron chi connectivity index (χ2n) is 11.5. The van der Waals surface area contributed by atoms with Crippen molar-refractivity contribution in [1.82, 2.24) is 20.4 Å². The number of hydrogen-bond acceptors (Lipinski definition) is 7. The molecular formula is C34H33ClF3N7O4. The Morgan fingerprint density at radius 2 is 1.80 bits per heavy atom. The molecule has 0 bridgehead atoms. The molecule has 1 aliphatic rings. The number of piperidine rings is 1. The molecule has 0 atom stereocenters. The Kier molecular flexibility index (Phi) is 11.3. The molecule has 0 spiro atoms. The van der Waals surface area contributed by atoms with Crippen LogP contribution in [-0.2, 0) is 23.9 Å². The summed E-state index contributed by atoms with van der Waals surface area (Å²) in [6, 6.07) is 15.3. The van der Waals surface area contributed by atoms with Crippen molar-refractivity contribution in [3.05, 3.63) is 105 Å². The van der Waals surface area contributed by atoms with Crippen LogP contribution >= 0.6 is 11.6 Å². The number of halogens is 4. The van der Waals surface area contributed by atoms with E-state index < -0.39 is 34.5 Å². The van der Waals surface area contributed by atoms with Crippen LogP contribution in [0.2, 0.25) is 5.02 Å². The molecule has 0 aliphatic carbocycles. The average Bonchev–Trinajstić information content (AvgIpc) is 3.52. The quantitative estimate of drug-likeness (QED) is 0.115. The van der Waals surface area contributed by atoms with E-state index >= 15 is 0 Å². The number of carboxylic acid groups (broad SMARTS) is 1. The molecule has 256 valence electrons. The molecule has 15 heteroatoms. The molecule has 5 rings (SSSR count). The normalized spacial score (nSPS) is 13.4. The van der Waals surface area contributed by atoms with Crippen LogP contribution in [0.25, 0.3) is 0 Å². The summed E-state index contributed by atoms with van der Waals surface area (Å²) < 4.78 is 41.5. The van der Waals surface area contributed by atoms with E-state index in [0.717, 1.165) is 62.0 Å². The van der Waals surface area contributed by atoms with Crippen LogP contribution in [0.15, 0.2) is 72.0 Å². The molecule has 1 aromatic heterocycles. The van der Waals surface area contributed by atoms with Gasteiger partial charge in [0.25, 0.3) is 11.8 Å². The summed E-state index contributed by atoms with van der Waals surface area (Å²) in [4.78, 5) is 39.8. The number of anilines is 2.